The van der Waals surface area contributed by atoms with Crippen LogP contribution in [0.25, 0.3) is 0 Å². The Morgan fingerprint density at radius 2 is 2.05 bits per heavy atom. The first-order chi connectivity index (χ1) is 9.19. The Labute approximate surface area is 144 Å². The van der Waals surface area contributed by atoms with Gasteiger partial charge in [0.15, 0.2) is 6.29 Å². The predicted octanol–water partition coefficient (Wildman–Crippen LogP) is -1.57. The summed E-state index contributed by atoms with van der Waals surface area (Å²) >= 11 is 0. The maximum atomic E-state index is 9.74. The minimum atomic E-state index is -0.640. The number of nitrogens with two attached hydrogens (primary N) is 1. The SMILES string of the molecule is CCC(CO)OC(CO[C-]=O)OC.NCCN[C-]=O.[Y]. The van der Waals surface area contributed by atoms with Crippen molar-refractivity contribution in [1.29, 1.82) is 0 Å². The summed E-state index contributed by atoms with van der Waals surface area (Å²) in [4.78, 5) is 19.0. The molecule has 2 unspecified atom stereocenters. The van der Waals surface area contributed by atoms with Crippen molar-refractivity contribution in [3.8, 4) is 0 Å². The molecule has 1 radical (unpaired) electrons. The van der Waals surface area contributed by atoms with Crippen LogP contribution in [0.4, 0.5) is 0 Å². The van der Waals surface area contributed by atoms with Gasteiger partial charge in [-0.1, -0.05) is 13.4 Å². The molecule has 0 rings (SSSR count). The maximum absolute atomic E-state index is 9.74. The van der Waals surface area contributed by atoms with Gasteiger partial charge in [-0.3, -0.25) is 0 Å². The monoisotopic (exact) mass is 367 g/mol. The smallest absolute Gasteiger partial charge is 0.188 e. The molecule has 0 aromatic heterocycles. The van der Waals surface area contributed by atoms with Crippen molar-refractivity contribution in [2.75, 3.05) is 33.4 Å². The molecule has 0 aromatic rings. The summed E-state index contributed by atoms with van der Waals surface area (Å²) in [6, 6.07) is 0. The van der Waals surface area contributed by atoms with Gasteiger partial charge >= 0.3 is 0 Å². The zero-order valence-electron chi connectivity index (χ0n) is 11.8. The van der Waals surface area contributed by atoms with Crippen LogP contribution in [0, 0.1) is 0 Å². The number of aliphatic hydroxyl groups excluding tert-OH is 1. The Balaban J connectivity index is -0.000000352. The van der Waals surface area contributed by atoms with E-state index < -0.39 is 6.29 Å². The number of aliphatic hydroxyl groups is 1. The average molecular weight is 367 g/mol. The number of rotatable bonds is 11. The summed E-state index contributed by atoms with van der Waals surface area (Å²) in [6.07, 6.45) is 1.22. The zero-order valence-corrected chi connectivity index (χ0v) is 14.7. The van der Waals surface area contributed by atoms with Gasteiger partial charge in [0.05, 0.1) is 12.7 Å². The summed E-state index contributed by atoms with van der Waals surface area (Å²) in [7, 11) is 1.43. The van der Waals surface area contributed by atoms with Gasteiger partial charge in [0, 0.05) is 46.4 Å². The molecule has 8 nitrogen and oxygen atoms in total. The fraction of sp³-hybridized carbons (Fsp3) is 0.818. The van der Waals surface area contributed by atoms with E-state index in [9.17, 15) is 9.59 Å². The second-order valence-electron chi connectivity index (χ2n) is 3.23. The molecule has 0 heterocycles. The Bertz CT molecular complexity index is 207. The Kier molecular flexibility index (Phi) is 26.3. The first-order valence-electron chi connectivity index (χ1n) is 5.78. The minimum absolute atomic E-state index is 0. The second kappa shape index (κ2) is 21.2. The van der Waals surface area contributed by atoms with E-state index in [1.807, 2.05) is 6.92 Å². The van der Waals surface area contributed by atoms with Crippen LogP contribution in [0.15, 0.2) is 0 Å². The van der Waals surface area contributed by atoms with Crippen LogP contribution in [0.2, 0.25) is 0 Å². The predicted molar refractivity (Wildman–Crippen MR) is 67.4 cm³/mol. The van der Waals surface area contributed by atoms with E-state index in [-0.39, 0.29) is 52.0 Å². The van der Waals surface area contributed by atoms with Crippen molar-refractivity contribution in [1.82, 2.24) is 5.32 Å². The largest absolute Gasteiger partial charge is 0.649 e. The van der Waals surface area contributed by atoms with Gasteiger partial charge in [0.25, 0.3) is 0 Å². The molecule has 0 aliphatic carbocycles. The van der Waals surface area contributed by atoms with E-state index in [0.29, 0.717) is 19.5 Å². The van der Waals surface area contributed by atoms with Gasteiger partial charge in [-0.05, 0) is 13.0 Å². The summed E-state index contributed by atoms with van der Waals surface area (Å²) in [5.74, 6) is 0. The number of ether oxygens (including phenoxy) is 3. The molecule has 0 saturated heterocycles. The Morgan fingerprint density at radius 1 is 1.40 bits per heavy atom. The second-order valence-corrected chi connectivity index (χ2v) is 3.23. The minimum Gasteiger partial charge on any atom is -0.649 e. The van der Waals surface area contributed by atoms with Gasteiger partial charge in [-0.15, -0.1) is 0 Å². The van der Waals surface area contributed by atoms with Crippen LogP contribution in [0.3, 0.4) is 0 Å². The third-order valence-electron chi connectivity index (χ3n) is 1.89. The van der Waals surface area contributed by atoms with Crippen molar-refractivity contribution >= 4 is 12.9 Å². The summed E-state index contributed by atoms with van der Waals surface area (Å²) < 4.78 is 14.4. The van der Waals surface area contributed by atoms with E-state index in [4.69, 9.17) is 20.3 Å². The number of hydrogen-bond acceptors (Lipinski definition) is 7. The number of amides is 1. The first-order valence-corrected chi connectivity index (χ1v) is 5.78. The molecular weight excluding hydrogens is 345 g/mol. The fourth-order valence-corrected chi connectivity index (χ4v) is 0.871. The molecule has 0 spiro atoms. The molecule has 0 aliphatic rings. The van der Waals surface area contributed by atoms with E-state index in [1.165, 1.54) is 20.0 Å². The topological polar surface area (TPSA) is 120 Å². The number of methoxy groups -OCH3 is 1. The number of hydrogen-bond donors (Lipinski definition) is 3. The van der Waals surface area contributed by atoms with Crippen LogP contribution < -0.4 is 11.1 Å². The zero-order chi connectivity index (χ0) is 14.9. The van der Waals surface area contributed by atoms with Gasteiger partial charge < -0.3 is 40.0 Å². The molecule has 1 amide bonds. The molecule has 0 fully saturated rings. The molecule has 0 bridgehead atoms. The third kappa shape index (κ3) is 17.9. The molecule has 0 saturated carbocycles. The average Bonchev–Trinajstić information content (AvgIpc) is 2.46. The van der Waals surface area contributed by atoms with E-state index >= 15 is 0 Å². The summed E-state index contributed by atoms with van der Waals surface area (Å²) in [5, 5.41) is 11.1. The third-order valence-corrected chi connectivity index (χ3v) is 1.89. The first kappa shape index (κ1) is 24.9. The normalized spacial score (nSPS) is 12.0. The van der Waals surface area contributed by atoms with Crippen LogP contribution in [-0.2, 0) is 56.5 Å². The number of carbonyl (C=O) groups excluding carboxylic acids is 2. The van der Waals surface area contributed by atoms with Crippen molar-refractivity contribution in [3.05, 3.63) is 0 Å². The standard InChI is InChI=1S/C8H15O5.C3H7N2O.Y/c1-3-7(4-9)13-8(11-2)5-12-6-10;4-1-2-5-3-6;/h7-9H,3-5H2,1-2H3;1-2,4H2,(H,5,6);/q2*-1;. The van der Waals surface area contributed by atoms with E-state index in [1.54, 1.807) is 0 Å². The van der Waals surface area contributed by atoms with Crippen molar-refractivity contribution < 1.29 is 61.6 Å². The summed E-state index contributed by atoms with van der Waals surface area (Å²) in [5.41, 5.74) is 4.97. The van der Waals surface area contributed by atoms with E-state index in [2.05, 4.69) is 10.1 Å². The molecule has 0 aliphatic heterocycles. The van der Waals surface area contributed by atoms with Crippen LogP contribution in [0.1, 0.15) is 13.3 Å². The number of nitrogens with one attached hydrogen (secondary N) is 1. The van der Waals surface area contributed by atoms with Crippen LogP contribution in [0.5, 0.6) is 0 Å². The molecule has 4 N–H and O–H groups in total. The van der Waals surface area contributed by atoms with E-state index in [0.717, 1.165) is 0 Å². The Hall–Kier alpha value is -0.116. The van der Waals surface area contributed by atoms with Crippen molar-refractivity contribution in [3.63, 3.8) is 0 Å². The van der Waals surface area contributed by atoms with Crippen molar-refractivity contribution in [2.24, 2.45) is 5.73 Å². The molecule has 2 atom stereocenters. The van der Waals surface area contributed by atoms with Gasteiger partial charge in [0.1, 0.15) is 6.61 Å². The molecule has 9 heteroatoms. The fourth-order valence-electron chi connectivity index (χ4n) is 0.871. The van der Waals surface area contributed by atoms with Crippen molar-refractivity contribution in [2.45, 2.75) is 25.7 Å². The van der Waals surface area contributed by atoms with Crippen LogP contribution >= 0.6 is 0 Å². The van der Waals surface area contributed by atoms with Gasteiger partial charge in [0.2, 0.25) is 0 Å². The van der Waals surface area contributed by atoms with Crippen LogP contribution in [-0.4, -0.2) is 63.8 Å². The van der Waals surface area contributed by atoms with Gasteiger partial charge in [-0.2, -0.15) is 6.41 Å². The maximum Gasteiger partial charge on any atom is 0.188 e. The Morgan fingerprint density at radius 3 is 2.35 bits per heavy atom. The van der Waals surface area contributed by atoms with Gasteiger partial charge in [-0.25, -0.2) is 0 Å². The molecule has 117 valence electrons. The molecule has 0 aromatic carbocycles. The molecular formula is C11H22N2O6Y-2. The molecule has 20 heavy (non-hydrogen) atoms. The summed E-state index contributed by atoms with van der Waals surface area (Å²) in [6.45, 7) is 4.04. The quantitative estimate of drug-likeness (QED) is 0.175.